The van der Waals surface area contributed by atoms with Crippen LogP contribution in [0.15, 0.2) is 49.1 Å². The van der Waals surface area contributed by atoms with Gasteiger partial charge in [0.1, 0.15) is 6.10 Å². The lowest BCUT2D eigenvalue weighted by molar-refractivity contribution is -0.188. The van der Waals surface area contributed by atoms with Gasteiger partial charge in [-0.1, -0.05) is 18.2 Å². The van der Waals surface area contributed by atoms with Gasteiger partial charge in [0, 0.05) is 23.7 Å². The van der Waals surface area contributed by atoms with Crippen molar-refractivity contribution >= 4 is 5.91 Å². The molecule has 6 rings (SSSR count). The van der Waals surface area contributed by atoms with Crippen molar-refractivity contribution in [2.75, 3.05) is 13.1 Å². The summed E-state index contributed by atoms with van der Waals surface area (Å²) < 4.78 is 45.9. The average Bonchev–Trinajstić information content (AvgIpc) is 3.19. The van der Waals surface area contributed by atoms with Gasteiger partial charge >= 0.3 is 6.18 Å². The molecular formula is C27H27F3N2O4. The second kappa shape index (κ2) is 7.73. The van der Waals surface area contributed by atoms with Crippen LogP contribution in [0.25, 0.3) is 0 Å². The molecule has 36 heavy (non-hydrogen) atoms. The molecule has 0 radical (unpaired) electrons. The first-order chi connectivity index (χ1) is 17.1. The van der Waals surface area contributed by atoms with E-state index >= 15 is 0 Å². The summed E-state index contributed by atoms with van der Waals surface area (Å²) in [6.07, 6.45) is -1.48. The smallest absolute Gasteiger partial charge is 0.416 e. The van der Waals surface area contributed by atoms with Gasteiger partial charge in [0.05, 0.1) is 22.6 Å². The molecule has 2 aromatic carbocycles. The minimum Gasteiger partial charge on any atom is -0.504 e. The number of phenolic OH excluding ortho intramolecular Hbond substituents is 1. The number of aromatic hydroxyl groups is 1. The van der Waals surface area contributed by atoms with Crippen molar-refractivity contribution in [3.8, 4) is 11.5 Å². The number of nitrogens with one attached hydrogen (secondary N) is 1. The minimum absolute atomic E-state index is 0.0187. The van der Waals surface area contributed by atoms with Gasteiger partial charge in [-0.2, -0.15) is 13.2 Å². The Morgan fingerprint density at radius 3 is 2.83 bits per heavy atom. The number of nitrogens with zero attached hydrogens (tertiary/aromatic N) is 1. The third-order valence-electron chi connectivity index (χ3n) is 8.71. The molecule has 1 spiro atoms. The lowest BCUT2D eigenvalue weighted by Crippen LogP contribution is -2.78. The number of ether oxygens (including phenoxy) is 1. The van der Waals surface area contributed by atoms with Crippen LogP contribution in [0.1, 0.15) is 46.3 Å². The molecule has 0 aromatic heterocycles. The lowest BCUT2D eigenvalue weighted by atomic mass is 9.48. The summed E-state index contributed by atoms with van der Waals surface area (Å²) >= 11 is 0. The number of alkyl halides is 3. The second-order valence-electron chi connectivity index (χ2n) is 10.3. The van der Waals surface area contributed by atoms with Gasteiger partial charge in [-0.15, -0.1) is 6.58 Å². The summed E-state index contributed by atoms with van der Waals surface area (Å²) in [5.41, 5.74) is -1.18. The zero-order valence-electron chi connectivity index (χ0n) is 19.5. The Morgan fingerprint density at radius 2 is 2.08 bits per heavy atom. The molecule has 3 N–H and O–H groups in total. The Hall–Kier alpha value is -3.04. The van der Waals surface area contributed by atoms with Crippen LogP contribution >= 0.6 is 0 Å². The van der Waals surface area contributed by atoms with Crippen LogP contribution in [-0.4, -0.2) is 57.9 Å². The van der Waals surface area contributed by atoms with E-state index in [0.717, 1.165) is 23.3 Å². The average molecular weight is 501 g/mol. The number of halogens is 3. The molecule has 6 nitrogen and oxygen atoms in total. The Labute approximate surface area is 206 Å². The van der Waals surface area contributed by atoms with Crippen LogP contribution in [0.4, 0.5) is 13.2 Å². The highest BCUT2D eigenvalue weighted by atomic mass is 19.4. The number of aliphatic hydroxyl groups is 1. The van der Waals surface area contributed by atoms with Crippen LogP contribution < -0.4 is 10.1 Å². The van der Waals surface area contributed by atoms with E-state index in [1.807, 2.05) is 12.1 Å². The molecule has 190 valence electrons. The van der Waals surface area contributed by atoms with Crippen molar-refractivity contribution in [1.29, 1.82) is 0 Å². The van der Waals surface area contributed by atoms with Crippen LogP contribution in [0.3, 0.4) is 0 Å². The first-order valence-corrected chi connectivity index (χ1v) is 12.2. The SMILES string of the molecule is C=CCN1CC[C@]23c4c5ccc(O)c4OC2C(NC(=O)c2cccc(C(F)(F)F)c2)CC[C@@]3(O)[C@H]1C5. The fourth-order valence-electron chi connectivity index (χ4n) is 7.25. The molecule has 2 fully saturated rings. The summed E-state index contributed by atoms with van der Waals surface area (Å²) in [6.45, 7) is 5.17. The Balaban J connectivity index is 1.39. The summed E-state index contributed by atoms with van der Waals surface area (Å²) in [5, 5.41) is 25.9. The number of carbonyl (C=O) groups excluding carboxylic acids is 1. The van der Waals surface area contributed by atoms with Gasteiger partial charge in [0.15, 0.2) is 11.5 Å². The molecule has 5 atom stereocenters. The van der Waals surface area contributed by atoms with Crippen LogP contribution in [-0.2, 0) is 18.0 Å². The highest BCUT2D eigenvalue weighted by Crippen LogP contribution is 2.65. The van der Waals surface area contributed by atoms with E-state index in [2.05, 4.69) is 16.8 Å². The Bertz CT molecular complexity index is 1260. The quantitative estimate of drug-likeness (QED) is 0.560. The maximum Gasteiger partial charge on any atom is 0.416 e. The molecule has 1 saturated carbocycles. The highest BCUT2D eigenvalue weighted by molar-refractivity contribution is 5.94. The normalized spacial score (nSPS) is 32.4. The maximum atomic E-state index is 13.2. The molecule has 9 heteroatoms. The predicted molar refractivity (Wildman–Crippen MR) is 125 cm³/mol. The first kappa shape index (κ1) is 23.4. The van der Waals surface area contributed by atoms with E-state index in [1.54, 1.807) is 6.07 Å². The fourth-order valence-corrected chi connectivity index (χ4v) is 7.25. The zero-order valence-corrected chi connectivity index (χ0v) is 19.5. The van der Waals surface area contributed by atoms with E-state index in [0.29, 0.717) is 44.5 Å². The number of amides is 1. The maximum absolute atomic E-state index is 13.2. The number of piperidine rings is 1. The molecule has 1 amide bonds. The van der Waals surface area contributed by atoms with E-state index in [1.165, 1.54) is 12.1 Å². The van der Waals surface area contributed by atoms with Crippen molar-refractivity contribution in [3.63, 3.8) is 0 Å². The van der Waals surface area contributed by atoms with Gasteiger partial charge in [-0.05, 0) is 62.1 Å². The Morgan fingerprint density at radius 1 is 1.28 bits per heavy atom. The molecule has 2 unspecified atom stereocenters. The molecule has 2 aliphatic heterocycles. The number of hydrogen-bond acceptors (Lipinski definition) is 5. The highest BCUT2D eigenvalue weighted by Gasteiger charge is 2.73. The molecule has 2 aliphatic carbocycles. The summed E-state index contributed by atoms with van der Waals surface area (Å²) in [6, 6.07) is 7.05. The second-order valence-corrected chi connectivity index (χ2v) is 10.3. The zero-order chi connectivity index (χ0) is 25.5. The lowest BCUT2D eigenvalue weighted by Gasteiger charge is -2.64. The fraction of sp³-hybridized carbons (Fsp3) is 0.444. The molecule has 1 saturated heterocycles. The van der Waals surface area contributed by atoms with Crippen molar-refractivity contribution in [2.24, 2.45) is 0 Å². The number of likely N-dealkylation sites (tertiary alicyclic amines) is 1. The van der Waals surface area contributed by atoms with Crippen LogP contribution in [0.2, 0.25) is 0 Å². The number of hydrogen-bond donors (Lipinski definition) is 3. The first-order valence-electron chi connectivity index (χ1n) is 12.2. The standard InChI is InChI=1S/C27H27F3N2O4/c1-2-11-32-12-10-25-21-15-6-7-19(33)22(21)36-23(25)18(8-9-26(25,35)20(32)14-15)31-24(34)16-4-3-5-17(13-16)27(28,29)30/h2-7,13,18,20,23,33,35H,1,8-12,14H2,(H,31,34)/t18?,20-,23?,25+,26-/m1/s1. The summed E-state index contributed by atoms with van der Waals surface area (Å²) in [7, 11) is 0. The van der Waals surface area contributed by atoms with Gasteiger partial charge in [0.2, 0.25) is 0 Å². The van der Waals surface area contributed by atoms with Crippen molar-refractivity contribution < 1.29 is 32.9 Å². The van der Waals surface area contributed by atoms with Crippen molar-refractivity contribution in [3.05, 3.63) is 71.3 Å². The van der Waals surface area contributed by atoms with Crippen molar-refractivity contribution in [2.45, 2.75) is 61.1 Å². The van der Waals surface area contributed by atoms with E-state index in [-0.39, 0.29) is 17.4 Å². The molecule has 2 bridgehead atoms. The largest absolute Gasteiger partial charge is 0.504 e. The summed E-state index contributed by atoms with van der Waals surface area (Å²) in [5.74, 6) is -0.310. The molecule has 4 aliphatic rings. The number of rotatable bonds is 4. The van der Waals surface area contributed by atoms with Crippen molar-refractivity contribution in [1.82, 2.24) is 10.2 Å². The van der Waals surface area contributed by atoms with E-state index in [4.69, 9.17) is 4.74 Å². The monoisotopic (exact) mass is 500 g/mol. The summed E-state index contributed by atoms with van der Waals surface area (Å²) in [4.78, 5) is 15.3. The predicted octanol–water partition coefficient (Wildman–Crippen LogP) is 3.55. The molecular weight excluding hydrogens is 473 g/mol. The van der Waals surface area contributed by atoms with E-state index in [9.17, 15) is 28.2 Å². The minimum atomic E-state index is -4.56. The van der Waals surface area contributed by atoms with Gasteiger partial charge in [0.25, 0.3) is 5.91 Å². The molecule has 2 heterocycles. The molecule has 2 aromatic rings. The van der Waals surface area contributed by atoms with Gasteiger partial charge in [-0.3, -0.25) is 9.69 Å². The topological polar surface area (TPSA) is 82.0 Å². The van der Waals surface area contributed by atoms with Gasteiger partial charge < -0.3 is 20.3 Å². The number of carbonyl (C=O) groups is 1. The third kappa shape index (κ3) is 3.02. The van der Waals surface area contributed by atoms with Gasteiger partial charge in [-0.25, -0.2) is 0 Å². The number of benzene rings is 2. The third-order valence-corrected chi connectivity index (χ3v) is 8.71. The Kier molecular flexibility index (Phi) is 5.02. The van der Waals surface area contributed by atoms with Crippen LogP contribution in [0.5, 0.6) is 11.5 Å². The van der Waals surface area contributed by atoms with E-state index < -0.39 is 40.8 Å². The van der Waals surface area contributed by atoms with Crippen LogP contribution in [0, 0.1) is 0 Å². The number of phenols is 1.